The van der Waals surface area contributed by atoms with Crippen LogP contribution in [0.1, 0.15) is 43.7 Å². The number of hydrogen-bond donors (Lipinski definition) is 2. The van der Waals surface area contributed by atoms with Gasteiger partial charge in [-0.2, -0.15) is 0 Å². The summed E-state index contributed by atoms with van der Waals surface area (Å²) in [6.07, 6.45) is 4.48. The van der Waals surface area contributed by atoms with Crippen LogP contribution >= 0.6 is 23.6 Å². The number of rotatable bonds is 5. The Balaban J connectivity index is 2.17. The largest absolute Gasteiger partial charge is 0.392 e. The molecule has 0 saturated heterocycles. The fourth-order valence-corrected chi connectivity index (χ4v) is 3.92. The molecule has 19 heavy (non-hydrogen) atoms. The van der Waals surface area contributed by atoms with Crippen molar-refractivity contribution >= 4 is 39.6 Å². The van der Waals surface area contributed by atoms with Gasteiger partial charge in [-0.15, -0.1) is 11.3 Å². The van der Waals surface area contributed by atoms with Crippen LogP contribution in [0.25, 0.3) is 0 Å². The van der Waals surface area contributed by atoms with Crippen molar-refractivity contribution in [3.63, 3.8) is 0 Å². The Labute approximate surface area is 122 Å². The van der Waals surface area contributed by atoms with E-state index in [1.54, 1.807) is 11.3 Å². The Hall–Kier alpha value is -1.01. The third-order valence-corrected chi connectivity index (χ3v) is 5.39. The third kappa shape index (κ3) is 2.51. The van der Waals surface area contributed by atoms with Crippen LogP contribution in [0.4, 0.5) is 5.13 Å². The highest BCUT2D eigenvalue weighted by atomic mass is 32.1. The average molecular weight is 297 g/mol. The smallest absolute Gasteiger partial charge is 0.239 e. The molecule has 0 unspecified atom stereocenters. The Morgan fingerprint density at radius 3 is 2.68 bits per heavy atom. The van der Waals surface area contributed by atoms with Gasteiger partial charge in [0.2, 0.25) is 5.91 Å². The van der Waals surface area contributed by atoms with Crippen LogP contribution in [0, 0.1) is 5.41 Å². The first-order chi connectivity index (χ1) is 9.03. The summed E-state index contributed by atoms with van der Waals surface area (Å²) in [4.78, 5) is 18.5. The molecule has 1 heterocycles. The summed E-state index contributed by atoms with van der Waals surface area (Å²) < 4.78 is 0. The van der Waals surface area contributed by atoms with Gasteiger partial charge in [0.15, 0.2) is 5.13 Å². The van der Waals surface area contributed by atoms with E-state index in [2.05, 4.69) is 10.3 Å². The summed E-state index contributed by atoms with van der Waals surface area (Å²) in [5.41, 5.74) is 6.15. The standard InChI is InChI=1S/C13H19N3OS2/c1-3-13(4-2,10(14)18)11(17)16-12-15-8-6-5-7-9(8)19-12/h3-7H2,1-2H3,(H2,14,18)(H,15,16,17). The van der Waals surface area contributed by atoms with Gasteiger partial charge in [-0.05, 0) is 32.1 Å². The summed E-state index contributed by atoms with van der Waals surface area (Å²) in [7, 11) is 0. The minimum absolute atomic E-state index is 0.127. The maximum absolute atomic E-state index is 12.5. The van der Waals surface area contributed by atoms with Crippen molar-refractivity contribution in [3.8, 4) is 0 Å². The van der Waals surface area contributed by atoms with E-state index in [-0.39, 0.29) is 10.9 Å². The SMILES string of the molecule is CCC(CC)(C(=O)Nc1nc2c(s1)CCC2)C(N)=S. The molecule has 104 valence electrons. The van der Waals surface area contributed by atoms with Crippen molar-refractivity contribution in [1.82, 2.24) is 4.98 Å². The zero-order chi connectivity index (χ0) is 14.0. The van der Waals surface area contributed by atoms with Gasteiger partial charge in [-0.3, -0.25) is 4.79 Å². The summed E-state index contributed by atoms with van der Waals surface area (Å²) in [6.45, 7) is 3.87. The Kier molecular flexibility index (Phi) is 4.20. The molecule has 2 rings (SSSR count). The second-order valence-electron chi connectivity index (χ2n) is 4.85. The molecule has 6 heteroatoms. The van der Waals surface area contributed by atoms with Crippen LogP contribution in [0.5, 0.6) is 0 Å². The fraction of sp³-hybridized carbons (Fsp3) is 0.615. The van der Waals surface area contributed by atoms with Crippen molar-refractivity contribution < 1.29 is 4.79 Å². The maximum Gasteiger partial charge on any atom is 0.239 e. The van der Waals surface area contributed by atoms with Crippen LogP contribution in [-0.4, -0.2) is 15.9 Å². The summed E-state index contributed by atoms with van der Waals surface area (Å²) in [6, 6.07) is 0. The zero-order valence-electron chi connectivity index (χ0n) is 11.3. The van der Waals surface area contributed by atoms with E-state index in [0.717, 1.165) is 18.5 Å². The molecule has 4 nitrogen and oxygen atoms in total. The Morgan fingerprint density at radius 2 is 2.16 bits per heavy atom. The molecular weight excluding hydrogens is 278 g/mol. The first-order valence-corrected chi connectivity index (χ1v) is 7.86. The van der Waals surface area contributed by atoms with E-state index in [4.69, 9.17) is 18.0 Å². The lowest BCUT2D eigenvalue weighted by Gasteiger charge is -2.28. The van der Waals surface area contributed by atoms with E-state index in [0.29, 0.717) is 18.0 Å². The maximum atomic E-state index is 12.5. The van der Waals surface area contributed by atoms with Crippen molar-refractivity contribution in [2.75, 3.05) is 5.32 Å². The summed E-state index contributed by atoms with van der Waals surface area (Å²) in [5, 5.41) is 3.57. The number of nitrogens with one attached hydrogen (secondary N) is 1. The molecular formula is C13H19N3OS2. The third-order valence-electron chi connectivity index (χ3n) is 3.93. The molecule has 1 amide bonds. The number of thiocarbonyl (C=S) groups is 1. The zero-order valence-corrected chi connectivity index (χ0v) is 12.9. The van der Waals surface area contributed by atoms with Gasteiger partial charge in [-0.25, -0.2) is 4.98 Å². The number of amides is 1. The van der Waals surface area contributed by atoms with E-state index in [9.17, 15) is 4.79 Å². The number of aromatic nitrogens is 1. The molecule has 1 aliphatic rings. The fourth-order valence-electron chi connectivity index (χ4n) is 2.49. The van der Waals surface area contributed by atoms with E-state index < -0.39 is 5.41 Å². The molecule has 0 spiro atoms. The number of hydrogen-bond acceptors (Lipinski definition) is 4. The van der Waals surface area contributed by atoms with Gasteiger partial charge in [0.05, 0.1) is 16.1 Å². The van der Waals surface area contributed by atoms with Crippen molar-refractivity contribution in [3.05, 3.63) is 10.6 Å². The number of nitrogens with zero attached hydrogens (tertiary/aromatic N) is 1. The molecule has 3 N–H and O–H groups in total. The highest BCUT2D eigenvalue weighted by molar-refractivity contribution is 7.80. The van der Waals surface area contributed by atoms with Crippen molar-refractivity contribution in [2.45, 2.75) is 46.0 Å². The first-order valence-electron chi connectivity index (χ1n) is 6.63. The van der Waals surface area contributed by atoms with Gasteiger partial charge < -0.3 is 11.1 Å². The molecule has 1 aromatic heterocycles. The number of nitrogens with two attached hydrogens (primary N) is 1. The highest BCUT2D eigenvalue weighted by Crippen LogP contribution is 2.33. The topological polar surface area (TPSA) is 68.0 Å². The van der Waals surface area contributed by atoms with Crippen LogP contribution in [0.15, 0.2) is 0 Å². The van der Waals surface area contributed by atoms with Crippen LogP contribution in [0.3, 0.4) is 0 Å². The summed E-state index contributed by atoms with van der Waals surface area (Å²) >= 11 is 6.66. The minimum Gasteiger partial charge on any atom is -0.392 e. The van der Waals surface area contributed by atoms with Crippen LogP contribution < -0.4 is 11.1 Å². The lowest BCUT2D eigenvalue weighted by atomic mass is 9.81. The number of thiazole rings is 1. The molecule has 0 fully saturated rings. The van der Waals surface area contributed by atoms with Gasteiger partial charge in [0.25, 0.3) is 0 Å². The van der Waals surface area contributed by atoms with Crippen molar-refractivity contribution in [2.24, 2.45) is 11.1 Å². The van der Waals surface area contributed by atoms with E-state index in [1.807, 2.05) is 13.8 Å². The van der Waals surface area contributed by atoms with Crippen molar-refractivity contribution in [1.29, 1.82) is 0 Å². The number of anilines is 1. The molecule has 1 aliphatic carbocycles. The number of fused-ring (bicyclic) bond motifs is 1. The van der Waals surface area contributed by atoms with E-state index in [1.165, 1.54) is 11.3 Å². The molecule has 0 bridgehead atoms. The quantitative estimate of drug-likeness (QED) is 0.820. The minimum atomic E-state index is -0.758. The Morgan fingerprint density at radius 1 is 1.47 bits per heavy atom. The van der Waals surface area contributed by atoms with E-state index >= 15 is 0 Å². The Bertz CT molecular complexity index is 484. The lowest BCUT2D eigenvalue weighted by Crippen LogP contribution is -2.45. The normalized spacial score (nSPS) is 14.2. The second kappa shape index (κ2) is 5.54. The molecule has 1 aromatic rings. The number of carbonyl (C=O) groups excluding carboxylic acids is 1. The predicted molar refractivity (Wildman–Crippen MR) is 82.6 cm³/mol. The van der Waals surface area contributed by atoms with Gasteiger partial charge in [0, 0.05) is 4.88 Å². The predicted octanol–water partition coefficient (Wildman–Crippen LogP) is 2.66. The molecule has 0 radical (unpaired) electrons. The van der Waals surface area contributed by atoms with Gasteiger partial charge in [-0.1, -0.05) is 26.1 Å². The monoisotopic (exact) mass is 297 g/mol. The highest BCUT2D eigenvalue weighted by Gasteiger charge is 2.38. The first kappa shape index (κ1) is 14.4. The molecule has 0 aliphatic heterocycles. The molecule has 0 saturated carbocycles. The lowest BCUT2D eigenvalue weighted by molar-refractivity contribution is -0.122. The number of carbonyl (C=O) groups is 1. The van der Waals surface area contributed by atoms with Crippen LogP contribution in [0.2, 0.25) is 0 Å². The average Bonchev–Trinajstić information content (AvgIpc) is 2.91. The molecule has 0 aromatic carbocycles. The van der Waals surface area contributed by atoms with Gasteiger partial charge in [0.1, 0.15) is 0 Å². The molecule has 0 atom stereocenters. The number of aryl methyl sites for hydroxylation is 2. The van der Waals surface area contributed by atoms with Crippen LogP contribution in [-0.2, 0) is 17.6 Å². The summed E-state index contributed by atoms with van der Waals surface area (Å²) in [5.74, 6) is -0.127. The van der Waals surface area contributed by atoms with Gasteiger partial charge >= 0.3 is 0 Å². The second-order valence-corrected chi connectivity index (χ2v) is 6.37.